The monoisotopic (exact) mass is 409 g/mol. The molecule has 0 aliphatic carbocycles. The molecular formula is C21H19N3O4S. The molecule has 3 aromatic carbocycles. The number of nitrogens with zero attached hydrogens (tertiary/aromatic N) is 1. The number of nitrogens with one attached hydrogen (secondary N) is 2. The Balaban J connectivity index is 1.62. The van der Waals surface area contributed by atoms with Crippen molar-refractivity contribution < 1.29 is 17.9 Å². The maximum absolute atomic E-state index is 12.3. The molecule has 0 fully saturated rings. The van der Waals surface area contributed by atoms with Crippen molar-refractivity contribution >= 4 is 27.8 Å². The molecule has 0 heterocycles. The summed E-state index contributed by atoms with van der Waals surface area (Å²) >= 11 is 0. The summed E-state index contributed by atoms with van der Waals surface area (Å²) in [6.07, 6.45) is 1.50. The summed E-state index contributed by atoms with van der Waals surface area (Å²) in [5.74, 6) is 0.274. The van der Waals surface area contributed by atoms with E-state index in [4.69, 9.17) is 4.74 Å². The van der Waals surface area contributed by atoms with Crippen LogP contribution in [0.2, 0.25) is 0 Å². The maximum Gasteiger partial charge on any atom is 0.271 e. The van der Waals surface area contributed by atoms with E-state index < -0.39 is 15.9 Å². The molecule has 0 saturated carbocycles. The maximum atomic E-state index is 12.3. The van der Waals surface area contributed by atoms with Crippen molar-refractivity contribution in [2.45, 2.75) is 4.90 Å². The number of hydrogen-bond acceptors (Lipinski definition) is 5. The quantitative estimate of drug-likeness (QED) is 0.462. The zero-order valence-electron chi connectivity index (χ0n) is 15.6. The van der Waals surface area contributed by atoms with E-state index in [1.807, 2.05) is 18.2 Å². The highest BCUT2D eigenvalue weighted by atomic mass is 32.2. The topological polar surface area (TPSA) is 96.9 Å². The van der Waals surface area contributed by atoms with E-state index in [0.29, 0.717) is 17.0 Å². The molecule has 0 unspecified atom stereocenters. The van der Waals surface area contributed by atoms with Crippen molar-refractivity contribution in [1.29, 1.82) is 0 Å². The van der Waals surface area contributed by atoms with Crippen LogP contribution < -0.4 is 14.9 Å². The zero-order chi connectivity index (χ0) is 20.7. The average molecular weight is 409 g/mol. The highest BCUT2D eigenvalue weighted by molar-refractivity contribution is 7.92. The van der Waals surface area contributed by atoms with Gasteiger partial charge in [0.2, 0.25) is 0 Å². The van der Waals surface area contributed by atoms with Crippen molar-refractivity contribution in [1.82, 2.24) is 5.43 Å². The Bertz CT molecular complexity index is 1110. The third-order valence-electron chi connectivity index (χ3n) is 3.93. The summed E-state index contributed by atoms with van der Waals surface area (Å²) in [5.41, 5.74) is 3.90. The molecule has 0 aliphatic heterocycles. The van der Waals surface area contributed by atoms with E-state index in [1.165, 1.54) is 42.6 Å². The lowest BCUT2D eigenvalue weighted by atomic mass is 10.2. The van der Waals surface area contributed by atoms with Crippen LogP contribution in [0.1, 0.15) is 15.9 Å². The number of hydrogen-bond donors (Lipinski definition) is 2. The Hall–Kier alpha value is -3.65. The molecule has 8 heteroatoms. The van der Waals surface area contributed by atoms with Crippen LogP contribution in [0, 0.1) is 0 Å². The Kier molecular flexibility index (Phi) is 6.25. The summed E-state index contributed by atoms with van der Waals surface area (Å²) < 4.78 is 32.3. The first-order valence-electron chi connectivity index (χ1n) is 8.63. The van der Waals surface area contributed by atoms with Gasteiger partial charge in [-0.3, -0.25) is 9.52 Å². The van der Waals surface area contributed by atoms with E-state index in [1.54, 1.807) is 31.4 Å². The second kappa shape index (κ2) is 9.03. The highest BCUT2D eigenvalue weighted by Gasteiger charge is 2.13. The molecule has 0 saturated heterocycles. The van der Waals surface area contributed by atoms with Crippen molar-refractivity contribution in [3.05, 3.63) is 90.0 Å². The summed E-state index contributed by atoms with van der Waals surface area (Å²) in [6.45, 7) is 0. The fraction of sp³-hybridized carbons (Fsp3) is 0.0476. The van der Waals surface area contributed by atoms with Gasteiger partial charge in [0.05, 0.1) is 18.2 Å². The number of methoxy groups -OCH3 is 1. The van der Waals surface area contributed by atoms with Crippen molar-refractivity contribution in [3.8, 4) is 5.75 Å². The summed E-state index contributed by atoms with van der Waals surface area (Å²) in [4.78, 5) is 12.3. The zero-order valence-corrected chi connectivity index (χ0v) is 16.4. The molecule has 3 rings (SSSR count). The molecular weight excluding hydrogens is 390 g/mol. The van der Waals surface area contributed by atoms with Crippen LogP contribution in [-0.4, -0.2) is 27.6 Å². The fourth-order valence-corrected chi connectivity index (χ4v) is 3.53. The van der Waals surface area contributed by atoms with Gasteiger partial charge in [0.15, 0.2) is 0 Å². The largest absolute Gasteiger partial charge is 0.497 e. The van der Waals surface area contributed by atoms with E-state index in [0.717, 1.165) is 5.56 Å². The Labute approximate surface area is 169 Å². The van der Waals surface area contributed by atoms with Crippen molar-refractivity contribution in [2.75, 3.05) is 11.8 Å². The first kappa shape index (κ1) is 20.1. The minimum absolute atomic E-state index is 0.161. The lowest BCUT2D eigenvalue weighted by molar-refractivity contribution is 0.0955. The van der Waals surface area contributed by atoms with Crippen LogP contribution in [0.15, 0.2) is 88.9 Å². The molecule has 7 nitrogen and oxygen atoms in total. The van der Waals surface area contributed by atoms with E-state index in [-0.39, 0.29) is 4.90 Å². The number of carbonyl (C=O) groups excluding carboxylic acids is 1. The molecule has 148 valence electrons. The number of hydrazone groups is 1. The van der Waals surface area contributed by atoms with Crippen LogP contribution >= 0.6 is 0 Å². The molecule has 0 aliphatic rings. The van der Waals surface area contributed by atoms with Crippen molar-refractivity contribution in [3.63, 3.8) is 0 Å². The van der Waals surface area contributed by atoms with Crippen LogP contribution in [0.4, 0.5) is 5.69 Å². The van der Waals surface area contributed by atoms with Gasteiger partial charge in [0, 0.05) is 11.3 Å². The van der Waals surface area contributed by atoms with Gasteiger partial charge in [0.1, 0.15) is 5.75 Å². The normalized spacial score (nSPS) is 11.2. The molecule has 0 bridgehead atoms. The summed E-state index contributed by atoms with van der Waals surface area (Å²) in [6, 6.07) is 21.3. The Morgan fingerprint density at radius 2 is 1.69 bits per heavy atom. The van der Waals surface area contributed by atoms with E-state index in [9.17, 15) is 13.2 Å². The van der Waals surface area contributed by atoms with Gasteiger partial charge in [-0.2, -0.15) is 5.10 Å². The minimum atomic E-state index is -3.68. The molecule has 0 atom stereocenters. The predicted octanol–water partition coefficient (Wildman–Crippen LogP) is 3.26. The van der Waals surface area contributed by atoms with Crippen LogP contribution in [0.3, 0.4) is 0 Å². The third-order valence-corrected chi connectivity index (χ3v) is 5.32. The van der Waals surface area contributed by atoms with E-state index >= 15 is 0 Å². The molecule has 0 aromatic heterocycles. The van der Waals surface area contributed by atoms with Crippen molar-refractivity contribution in [2.24, 2.45) is 5.10 Å². The second-order valence-electron chi connectivity index (χ2n) is 5.97. The Morgan fingerprint density at radius 3 is 2.38 bits per heavy atom. The summed E-state index contributed by atoms with van der Waals surface area (Å²) in [7, 11) is -2.11. The van der Waals surface area contributed by atoms with Crippen LogP contribution in [0.5, 0.6) is 5.75 Å². The lowest BCUT2D eigenvalue weighted by Gasteiger charge is -2.08. The number of benzene rings is 3. The number of rotatable bonds is 7. The molecule has 29 heavy (non-hydrogen) atoms. The van der Waals surface area contributed by atoms with E-state index in [2.05, 4.69) is 15.2 Å². The highest BCUT2D eigenvalue weighted by Crippen LogP contribution is 2.16. The van der Waals surface area contributed by atoms with Gasteiger partial charge in [-0.05, 0) is 54.1 Å². The summed E-state index contributed by atoms with van der Waals surface area (Å²) in [5, 5.41) is 3.92. The molecule has 0 spiro atoms. The van der Waals surface area contributed by atoms with Gasteiger partial charge in [-0.1, -0.05) is 30.3 Å². The van der Waals surface area contributed by atoms with Crippen LogP contribution in [-0.2, 0) is 10.0 Å². The standard InChI is InChI=1S/C21H19N3O4S/c1-28-19-7-5-6-16(14-19)15-22-23-21(25)17-10-12-18(13-11-17)24-29(26,27)20-8-3-2-4-9-20/h2-15,24H,1H3,(H,23,25). The SMILES string of the molecule is COc1cccc(C=NNC(=O)c2ccc(NS(=O)(=O)c3ccccc3)cc2)c1. The molecule has 2 N–H and O–H groups in total. The number of anilines is 1. The molecule has 1 amide bonds. The number of carbonyl (C=O) groups is 1. The average Bonchev–Trinajstić information content (AvgIpc) is 2.75. The van der Waals surface area contributed by atoms with Gasteiger partial charge in [-0.25, -0.2) is 13.8 Å². The second-order valence-corrected chi connectivity index (χ2v) is 7.65. The van der Waals surface area contributed by atoms with Gasteiger partial charge < -0.3 is 4.74 Å². The number of amides is 1. The molecule has 3 aromatic rings. The number of ether oxygens (including phenoxy) is 1. The lowest BCUT2D eigenvalue weighted by Crippen LogP contribution is -2.18. The van der Waals surface area contributed by atoms with Gasteiger partial charge >= 0.3 is 0 Å². The fourth-order valence-electron chi connectivity index (χ4n) is 2.46. The first-order valence-corrected chi connectivity index (χ1v) is 10.1. The Morgan fingerprint density at radius 1 is 0.966 bits per heavy atom. The van der Waals surface area contributed by atoms with Gasteiger partial charge in [-0.15, -0.1) is 0 Å². The van der Waals surface area contributed by atoms with Gasteiger partial charge in [0.25, 0.3) is 15.9 Å². The number of sulfonamides is 1. The molecule has 0 radical (unpaired) electrons. The third kappa shape index (κ3) is 5.43. The van der Waals surface area contributed by atoms with Crippen LogP contribution in [0.25, 0.3) is 0 Å². The smallest absolute Gasteiger partial charge is 0.271 e. The predicted molar refractivity (Wildman–Crippen MR) is 112 cm³/mol. The first-order chi connectivity index (χ1) is 14.0. The minimum Gasteiger partial charge on any atom is -0.497 e.